The summed E-state index contributed by atoms with van der Waals surface area (Å²) in [4.78, 5) is 37.2. The minimum atomic E-state index is -0.881. The lowest BCUT2D eigenvalue weighted by atomic mass is 10.1. The smallest absolute Gasteiger partial charge is 0.362 e. The molecule has 0 aliphatic rings. The van der Waals surface area contributed by atoms with Gasteiger partial charge in [0.25, 0.3) is 0 Å². The van der Waals surface area contributed by atoms with Crippen molar-refractivity contribution in [3.05, 3.63) is 72.9 Å². The summed E-state index contributed by atoms with van der Waals surface area (Å²) in [5.74, 6) is -1.51. The number of unbranched alkanes of at least 4 members (excludes halogenated alkanes) is 23. The minimum Gasteiger partial charge on any atom is -0.477 e. The zero-order valence-electron chi connectivity index (χ0n) is 42.0. The number of rotatable bonds is 46. The highest BCUT2D eigenvalue weighted by Crippen LogP contribution is 2.14. The van der Waals surface area contributed by atoms with Crippen LogP contribution in [0.2, 0.25) is 0 Å². The predicted octanol–water partition coefficient (Wildman–Crippen LogP) is 15.1. The molecule has 8 nitrogen and oxygen atoms in total. The van der Waals surface area contributed by atoms with Crippen molar-refractivity contribution in [3.8, 4) is 0 Å². The molecule has 0 rings (SSSR count). The molecular weight excluding hydrogens is 799 g/mol. The lowest BCUT2D eigenvalue weighted by molar-refractivity contribution is -0.887. The van der Waals surface area contributed by atoms with E-state index in [2.05, 4.69) is 86.8 Å². The molecule has 0 heterocycles. The summed E-state index contributed by atoms with van der Waals surface area (Å²) in [6, 6.07) is -0.624. The molecule has 0 saturated heterocycles. The first-order valence-electron chi connectivity index (χ1n) is 26.0. The van der Waals surface area contributed by atoms with Gasteiger partial charge in [0.2, 0.25) is 0 Å². The van der Waals surface area contributed by atoms with Crippen molar-refractivity contribution in [1.29, 1.82) is 0 Å². The second kappa shape index (κ2) is 46.3. The Hall–Kier alpha value is -3.23. The number of allylic oxidation sites excluding steroid dienone is 12. The number of carbonyl (C=O) groups excluding carboxylic acids is 2. The van der Waals surface area contributed by atoms with Gasteiger partial charge in [-0.15, -0.1) is 0 Å². The van der Waals surface area contributed by atoms with Crippen LogP contribution in [0.3, 0.4) is 0 Å². The Morgan fingerprint density at radius 2 is 0.891 bits per heavy atom. The van der Waals surface area contributed by atoms with Gasteiger partial charge in [0.15, 0.2) is 12.1 Å². The largest absolute Gasteiger partial charge is 0.477 e. The lowest BCUT2D eigenvalue weighted by Crippen LogP contribution is -2.50. The molecule has 64 heavy (non-hydrogen) atoms. The molecule has 2 unspecified atom stereocenters. The highest BCUT2D eigenvalue weighted by molar-refractivity contribution is 5.72. The minimum absolute atomic E-state index is 0.0468. The molecule has 0 amide bonds. The number of esters is 2. The second-order valence-corrected chi connectivity index (χ2v) is 18.5. The van der Waals surface area contributed by atoms with Crippen LogP contribution >= 0.6 is 0 Å². The van der Waals surface area contributed by atoms with Gasteiger partial charge in [-0.1, -0.05) is 196 Å². The highest BCUT2D eigenvalue weighted by atomic mass is 16.6. The molecule has 0 aromatic carbocycles. The predicted molar refractivity (Wildman–Crippen MR) is 270 cm³/mol. The van der Waals surface area contributed by atoms with Crippen LogP contribution in [0.15, 0.2) is 72.9 Å². The van der Waals surface area contributed by atoms with Gasteiger partial charge in [0.05, 0.1) is 34.4 Å². The average molecular weight is 897 g/mol. The van der Waals surface area contributed by atoms with Crippen molar-refractivity contribution in [3.63, 3.8) is 0 Å². The summed E-state index contributed by atoms with van der Waals surface area (Å²) >= 11 is 0. The van der Waals surface area contributed by atoms with E-state index >= 15 is 0 Å². The second-order valence-electron chi connectivity index (χ2n) is 18.5. The summed E-state index contributed by atoms with van der Waals surface area (Å²) < 4.78 is 17.3. The first-order valence-corrected chi connectivity index (χ1v) is 26.0. The molecule has 2 atom stereocenters. The molecule has 0 fully saturated rings. The van der Waals surface area contributed by atoms with E-state index in [-0.39, 0.29) is 36.2 Å². The van der Waals surface area contributed by atoms with Gasteiger partial charge in [-0.25, -0.2) is 4.79 Å². The van der Waals surface area contributed by atoms with Crippen LogP contribution < -0.4 is 0 Å². The van der Waals surface area contributed by atoms with Gasteiger partial charge in [0, 0.05) is 19.3 Å². The van der Waals surface area contributed by atoms with Crippen molar-refractivity contribution in [2.24, 2.45) is 0 Å². The zero-order chi connectivity index (χ0) is 47.0. The number of aliphatic carboxylic acids is 1. The quantitative estimate of drug-likeness (QED) is 0.0214. The molecule has 0 aliphatic carbocycles. The van der Waals surface area contributed by atoms with E-state index in [9.17, 15) is 19.5 Å². The Balaban J connectivity index is 4.32. The van der Waals surface area contributed by atoms with E-state index in [1.165, 1.54) is 103 Å². The number of nitrogens with zero attached hydrogens (tertiary/aromatic N) is 1. The summed E-state index contributed by atoms with van der Waals surface area (Å²) in [7, 11) is 5.52. The summed E-state index contributed by atoms with van der Waals surface area (Å²) in [6.07, 6.45) is 59.5. The third-order valence-corrected chi connectivity index (χ3v) is 11.4. The van der Waals surface area contributed by atoms with Crippen molar-refractivity contribution >= 4 is 17.9 Å². The van der Waals surface area contributed by atoms with E-state index in [0.29, 0.717) is 19.3 Å². The van der Waals surface area contributed by atoms with Crippen molar-refractivity contribution < 1.29 is 38.2 Å². The summed E-state index contributed by atoms with van der Waals surface area (Å²) in [5, 5.41) is 9.66. The number of likely N-dealkylation sites (N-methyl/N-ethyl adjacent to an activating group) is 1. The Bertz CT molecular complexity index is 1270. The zero-order valence-corrected chi connectivity index (χ0v) is 42.0. The third kappa shape index (κ3) is 44.0. The maximum Gasteiger partial charge on any atom is 0.362 e. The van der Waals surface area contributed by atoms with Crippen LogP contribution in [0.25, 0.3) is 0 Å². The Kier molecular flexibility index (Phi) is 44.0. The van der Waals surface area contributed by atoms with E-state index in [0.717, 1.165) is 77.0 Å². The van der Waals surface area contributed by atoms with E-state index < -0.39 is 18.1 Å². The number of carbonyl (C=O) groups is 3. The van der Waals surface area contributed by atoms with Gasteiger partial charge in [-0.05, 0) is 70.6 Å². The first-order chi connectivity index (χ1) is 31.1. The van der Waals surface area contributed by atoms with Crippen molar-refractivity contribution in [2.75, 3.05) is 41.0 Å². The monoisotopic (exact) mass is 897 g/mol. The van der Waals surface area contributed by atoms with Crippen molar-refractivity contribution in [2.45, 2.75) is 225 Å². The molecule has 368 valence electrons. The van der Waals surface area contributed by atoms with Gasteiger partial charge in [-0.2, -0.15) is 0 Å². The maximum absolute atomic E-state index is 12.8. The summed E-state index contributed by atoms with van der Waals surface area (Å²) in [6.45, 7) is 4.67. The number of carboxylic acid groups (broad SMARTS) is 1. The lowest BCUT2D eigenvalue weighted by Gasteiger charge is -2.31. The first kappa shape index (κ1) is 60.8. The van der Waals surface area contributed by atoms with Crippen LogP contribution in [-0.4, -0.2) is 80.6 Å². The Labute approximate surface area is 393 Å². The number of carboxylic acids is 1. The average Bonchev–Trinajstić information content (AvgIpc) is 3.26. The van der Waals surface area contributed by atoms with Crippen LogP contribution in [0.1, 0.15) is 213 Å². The van der Waals surface area contributed by atoms with Crippen LogP contribution in [0.5, 0.6) is 0 Å². The van der Waals surface area contributed by atoms with E-state index in [1.807, 2.05) is 21.1 Å². The highest BCUT2D eigenvalue weighted by Gasteiger charge is 2.31. The van der Waals surface area contributed by atoms with Crippen LogP contribution in [0.4, 0.5) is 0 Å². The fourth-order valence-corrected chi connectivity index (χ4v) is 7.37. The Morgan fingerprint density at radius 3 is 1.38 bits per heavy atom. The van der Waals surface area contributed by atoms with E-state index in [1.54, 1.807) is 0 Å². The molecule has 0 aliphatic heterocycles. The molecule has 0 aromatic heterocycles. The standard InChI is InChI=1S/C56H97NO7/c1-6-8-10-12-14-16-18-20-22-24-26-27-28-29-31-33-35-37-39-41-43-45-47-55(59)64-52(50-62-49-48-53(56(60)61)57(3,4)5)51-63-54(58)46-44-42-40-38-36-34-32-30-25-23-21-19-17-15-13-11-9-7-2/h15,17,19,21,23-26,28-30,32,52-53H,6-14,16,18,20,22,27,31,33-51H2,1-5H3/p+1/b17-15+,21-19+,25-23+,26-24+,29-28+,32-30+. The van der Waals surface area contributed by atoms with Gasteiger partial charge in [0.1, 0.15) is 6.61 Å². The molecule has 1 N–H and O–H groups in total. The molecular formula is C56H98NO7+. The Morgan fingerprint density at radius 1 is 0.484 bits per heavy atom. The molecule has 0 saturated carbocycles. The molecule has 0 radical (unpaired) electrons. The van der Waals surface area contributed by atoms with Crippen LogP contribution in [0, 0.1) is 0 Å². The van der Waals surface area contributed by atoms with Gasteiger partial charge in [-0.3, -0.25) is 9.59 Å². The number of hydrogen-bond donors (Lipinski definition) is 1. The normalized spacial score (nSPS) is 13.5. The maximum atomic E-state index is 12.8. The SMILES string of the molecule is CCCCC/C=C/C=C/C=C/C=C/CCCCCCCC(=O)OCC(COCCC(C(=O)O)[N+](C)(C)C)OC(=O)CCCCCCCCC/C=C/C/C=C/CCCCCCCCCC. The molecule has 0 aromatic rings. The number of quaternary nitrogens is 1. The summed E-state index contributed by atoms with van der Waals surface area (Å²) in [5.41, 5.74) is 0. The topological polar surface area (TPSA) is 99.1 Å². The van der Waals surface area contributed by atoms with Crippen LogP contribution in [-0.2, 0) is 28.6 Å². The number of ether oxygens (including phenoxy) is 3. The number of hydrogen-bond acceptors (Lipinski definition) is 6. The van der Waals surface area contributed by atoms with Crippen molar-refractivity contribution in [1.82, 2.24) is 0 Å². The van der Waals surface area contributed by atoms with E-state index in [4.69, 9.17) is 14.2 Å². The third-order valence-electron chi connectivity index (χ3n) is 11.4. The molecule has 0 spiro atoms. The van der Waals surface area contributed by atoms with Gasteiger partial charge >= 0.3 is 17.9 Å². The fraction of sp³-hybridized carbons (Fsp3) is 0.732. The van der Waals surface area contributed by atoms with Gasteiger partial charge < -0.3 is 23.8 Å². The fourth-order valence-electron chi connectivity index (χ4n) is 7.37. The molecule has 8 heteroatoms. The molecule has 0 bridgehead atoms.